The molecule has 2 aromatic carbocycles. The van der Waals surface area contributed by atoms with Gasteiger partial charge >= 0.3 is 5.97 Å². The van der Waals surface area contributed by atoms with E-state index < -0.39 is 27.8 Å². The second-order valence-electron chi connectivity index (χ2n) is 12.2. The van der Waals surface area contributed by atoms with Gasteiger partial charge in [0.1, 0.15) is 15.9 Å². The van der Waals surface area contributed by atoms with Crippen molar-refractivity contribution in [2.75, 3.05) is 38.9 Å². The van der Waals surface area contributed by atoms with Gasteiger partial charge in [0.2, 0.25) is 0 Å². The van der Waals surface area contributed by atoms with E-state index >= 15 is 0 Å². The number of benzene rings is 2. The predicted octanol–water partition coefficient (Wildman–Crippen LogP) is 4.47. The summed E-state index contributed by atoms with van der Waals surface area (Å²) in [6.07, 6.45) is 8.29. The van der Waals surface area contributed by atoms with Crippen molar-refractivity contribution in [1.29, 1.82) is 0 Å². The molecule has 3 atom stereocenters. The third-order valence-corrected chi connectivity index (χ3v) is 9.72. The van der Waals surface area contributed by atoms with Crippen molar-refractivity contribution in [3.63, 3.8) is 0 Å². The highest BCUT2D eigenvalue weighted by atomic mass is 32.2. The van der Waals surface area contributed by atoms with Gasteiger partial charge < -0.3 is 19.9 Å². The number of methoxy groups -OCH3 is 1. The zero-order valence-corrected chi connectivity index (χ0v) is 26.4. The number of hydrogen-bond acceptors (Lipinski definition) is 7. The summed E-state index contributed by atoms with van der Waals surface area (Å²) in [5, 5.41) is 12.2. The predicted molar refractivity (Wildman–Crippen MR) is 167 cm³/mol. The average Bonchev–Trinajstić information content (AvgIpc) is 3.36. The van der Waals surface area contributed by atoms with Gasteiger partial charge in [0.05, 0.1) is 18.5 Å². The minimum atomic E-state index is -3.39. The van der Waals surface area contributed by atoms with Crippen LogP contribution < -0.4 is 5.32 Å². The van der Waals surface area contributed by atoms with Crippen LogP contribution in [0, 0.1) is 12.8 Å². The lowest BCUT2D eigenvalue weighted by Crippen LogP contribution is -2.42. The fourth-order valence-corrected chi connectivity index (χ4v) is 6.91. The number of nitrogens with zero attached hydrogens (tertiary/aromatic N) is 1. The molecule has 2 aliphatic rings. The van der Waals surface area contributed by atoms with Crippen LogP contribution in [0.5, 0.6) is 0 Å². The van der Waals surface area contributed by atoms with Crippen molar-refractivity contribution in [1.82, 2.24) is 10.2 Å². The molecule has 2 aromatic rings. The zero-order chi connectivity index (χ0) is 31.0. The molecule has 4 rings (SSSR count). The lowest BCUT2D eigenvalue weighted by Gasteiger charge is -2.26. The number of likely N-dealkylation sites (tertiary alicyclic amines) is 1. The number of carbonyl (C=O) groups excluding carboxylic acids is 1. The van der Waals surface area contributed by atoms with Gasteiger partial charge in [-0.25, -0.2) is 13.2 Å². The van der Waals surface area contributed by atoms with Crippen LogP contribution in [0.3, 0.4) is 0 Å². The monoisotopic (exact) mass is 614 g/mol. The lowest BCUT2D eigenvalue weighted by atomic mass is 9.90. The molecule has 2 fully saturated rings. The number of carboxylic acids is 1. The van der Waals surface area contributed by atoms with E-state index in [1.807, 2.05) is 43.3 Å². The first kappa shape index (κ1) is 33.1. The van der Waals surface area contributed by atoms with E-state index in [1.54, 1.807) is 13.2 Å². The summed E-state index contributed by atoms with van der Waals surface area (Å²) >= 11 is 0. The molecule has 1 saturated heterocycles. The van der Waals surface area contributed by atoms with Crippen molar-refractivity contribution in [2.24, 2.45) is 5.92 Å². The van der Waals surface area contributed by atoms with Gasteiger partial charge in [-0.15, -0.1) is 0 Å². The Balaban J connectivity index is 1.54. The topological polar surface area (TPSA) is 122 Å². The number of carbonyl (C=O) groups is 2. The first-order valence-corrected chi connectivity index (χ1v) is 17.3. The van der Waals surface area contributed by atoms with Gasteiger partial charge in [0.15, 0.2) is 0 Å². The Bertz CT molecular complexity index is 1360. The third-order valence-electron chi connectivity index (χ3n) is 8.74. The standard InChI is InChI=1S/C33H46N2O7S/c1-23-9-7-8-12-28(23)30-17-25(13-14-29(30)32(36)34-31(33(37)38)15-16-43(3,39)40)19-35-20-27(41-2)18-26(35)22-42-21-24-10-5-4-6-11-24/h7-9,12-14,17,24,26-27,31H,4-6,10-11,15-16,18-22H2,1-3H3,(H,34,36)(H,37,38)/t26-,27+,31+/m1/s1. The summed E-state index contributed by atoms with van der Waals surface area (Å²) in [7, 11) is -1.64. The maximum absolute atomic E-state index is 13.5. The number of nitrogens with one attached hydrogen (secondary N) is 1. The number of amides is 1. The van der Waals surface area contributed by atoms with Crippen LogP contribution in [0.2, 0.25) is 0 Å². The van der Waals surface area contributed by atoms with Crippen LogP contribution >= 0.6 is 0 Å². The third kappa shape index (κ3) is 9.60. The molecule has 0 spiro atoms. The zero-order valence-electron chi connectivity index (χ0n) is 25.6. The van der Waals surface area contributed by atoms with Gasteiger partial charge in [0, 0.05) is 44.7 Å². The Morgan fingerprint density at radius 2 is 1.81 bits per heavy atom. The molecule has 0 radical (unpaired) electrons. The van der Waals surface area contributed by atoms with Crippen LogP contribution in [-0.2, 0) is 30.7 Å². The van der Waals surface area contributed by atoms with Gasteiger partial charge in [-0.1, -0.05) is 49.6 Å². The Hall–Kier alpha value is -2.79. The summed E-state index contributed by atoms with van der Waals surface area (Å²) < 4.78 is 35.2. The molecule has 0 unspecified atom stereocenters. The Labute approximate surface area is 255 Å². The van der Waals surface area contributed by atoms with Crippen LogP contribution in [0.25, 0.3) is 11.1 Å². The number of aliphatic carboxylic acids is 1. The van der Waals surface area contributed by atoms with Crippen molar-refractivity contribution in [3.8, 4) is 11.1 Å². The largest absolute Gasteiger partial charge is 0.480 e. The summed E-state index contributed by atoms with van der Waals surface area (Å²) in [5.74, 6) is -1.51. The van der Waals surface area contributed by atoms with Gasteiger partial charge in [-0.05, 0) is 72.9 Å². The first-order chi connectivity index (χ1) is 20.5. The highest BCUT2D eigenvalue weighted by Crippen LogP contribution is 2.31. The van der Waals surface area contributed by atoms with E-state index in [4.69, 9.17) is 9.47 Å². The molecule has 1 heterocycles. The second-order valence-corrected chi connectivity index (χ2v) is 14.5. The summed E-state index contributed by atoms with van der Waals surface area (Å²) in [5.41, 5.74) is 3.92. The summed E-state index contributed by atoms with van der Waals surface area (Å²) in [6.45, 7) is 4.89. The number of hydrogen-bond donors (Lipinski definition) is 2. The Morgan fingerprint density at radius 1 is 1.07 bits per heavy atom. The molecule has 10 heteroatoms. The second kappa shape index (κ2) is 15.3. The normalized spacial score (nSPS) is 20.6. The van der Waals surface area contributed by atoms with Crippen molar-refractivity contribution >= 4 is 21.7 Å². The van der Waals surface area contributed by atoms with Gasteiger partial charge in [-0.3, -0.25) is 9.69 Å². The van der Waals surface area contributed by atoms with Gasteiger partial charge in [-0.2, -0.15) is 0 Å². The van der Waals surface area contributed by atoms with Crippen molar-refractivity contribution in [3.05, 3.63) is 59.2 Å². The van der Waals surface area contributed by atoms with Crippen LogP contribution in [0.4, 0.5) is 0 Å². The molecule has 2 N–H and O–H groups in total. The Morgan fingerprint density at radius 3 is 2.49 bits per heavy atom. The van der Waals surface area contributed by atoms with E-state index in [1.165, 1.54) is 32.1 Å². The minimum absolute atomic E-state index is 0.129. The molecule has 0 bridgehead atoms. The highest BCUT2D eigenvalue weighted by Gasteiger charge is 2.33. The van der Waals surface area contributed by atoms with E-state index in [-0.39, 0.29) is 24.3 Å². The molecule has 9 nitrogen and oxygen atoms in total. The molecule has 1 saturated carbocycles. The number of sulfone groups is 1. The van der Waals surface area contributed by atoms with E-state index in [0.717, 1.165) is 42.5 Å². The highest BCUT2D eigenvalue weighted by molar-refractivity contribution is 7.90. The molecular formula is C33H46N2O7S. The quantitative estimate of drug-likeness (QED) is 0.320. The smallest absolute Gasteiger partial charge is 0.326 e. The maximum Gasteiger partial charge on any atom is 0.326 e. The lowest BCUT2D eigenvalue weighted by molar-refractivity contribution is -0.139. The van der Waals surface area contributed by atoms with Gasteiger partial charge in [0.25, 0.3) is 5.91 Å². The first-order valence-electron chi connectivity index (χ1n) is 15.3. The van der Waals surface area contributed by atoms with Crippen LogP contribution in [-0.4, -0.2) is 87.4 Å². The fourth-order valence-electron chi connectivity index (χ4n) is 6.25. The molecule has 1 aliphatic heterocycles. The van der Waals surface area contributed by atoms with Crippen molar-refractivity contribution < 1.29 is 32.6 Å². The number of aryl methyl sites for hydroxylation is 1. The average molecular weight is 615 g/mol. The molecule has 1 amide bonds. The SMILES string of the molecule is CO[C@H]1C[C@H](COCC2CCCCC2)N(Cc2ccc(C(=O)N[C@@H](CCS(C)(=O)=O)C(=O)O)c(-c3ccccc3C)c2)C1. The van der Waals surface area contributed by atoms with E-state index in [9.17, 15) is 23.1 Å². The Kier molecular flexibility index (Phi) is 11.8. The van der Waals surface area contributed by atoms with Crippen molar-refractivity contribution in [2.45, 2.75) is 76.6 Å². The molecule has 43 heavy (non-hydrogen) atoms. The van der Waals surface area contributed by atoms with E-state index in [2.05, 4.69) is 10.2 Å². The van der Waals surface area contributed by atoms with Crippen LogP contribution in [0.1, 0.15) is 66.4 Å². The number of carboxylic acid groups (broad SMARTS) is 1. The number of ether oxygens (including phenoxy) is 2. The maximum atomic E-state index is 13.5. The van der Waals surface area contributed by atoms with E-state index in [0.29, 0.717) is 30.2 Å². The number of rotatable bonds is 14. The summed E-state index contributed by atoms with van der Waals surface area (Å²) in [4.78, 5) is 27.7. The molecule has 1 aliphatic carbocycles. The van der Waals surface area contributed by atoms with Crippen LogP contribution in [0.15, 0.2) is 42.5 Å². The fraction of sp³-hybridized carbons (Fsp3) is 0.576. The molecule has 236 valence electrons. The minimum Gasteiger partial charge on any atom is -0.480 e. The molecular weight excluding hydrogens is 568 g/mol. The summed E-state index contributed by atoms with van der Waals surface area (Å²) in [6, 6.07) is 12.3. The molecule has 0 aromatic heterocycles.